The van der Waals surface area contributed by atoms with Gasteiger partial charge in [0.05, 0.1) is 18.1 Å². The summed E-state index contributed by atoms with van der Waals surface area (Å²) in [6.45, 7) is 17.1. The largest absolute Gasteiger partial charge is 0.481 e. The first-order valence-electron chi connectivity index (χ1n) is 17.6. The van der Waals surface area contributed by atoms with Crippen molar-refractivity contribution in [3.8, 4) is 0 Å². The summed E-state index contributed by atoms with van der Waals surface area (Å²) in [5.41, 5.74) is -1.50. The number of carbonyl (C=O) groups is 3. The van der Waals surface area contributed by atoms with Crippen LogP contribution in [-0.2, 0) is 28.6 Å². The summed E-state index contributed by atoms with van der Waals surface area (Å²) in [7, 11) is 0. The quantitative estimate of drug-likeness (QED) is 0.208. The van der Waals surface area contributed by atoms with Gasteiger partial charge in [-0.2, -0.15) is 0 Å². The molecule has 4 N–H and O–H groups in total. The molecule has 1 heterocycles. The van der Waals surface area contributed by atoms with Gasteiger partial charge in [0.25, 0.3) is 0 Å². The predicted molar refractivity (Wildman–Crippen MR) is 173 cm³/mol. The molecule has 5 rings (SSSR count). The molecule has 1 saturated heterocycles. The highest BCUT2D eigenvalue weighted by molar-refractivity contribution is 5.84. The second-order valence-electron chi connectivity index (χ2n) is 17.6. The fraction of sp³-hybridized carbons (Fsp3) is 0.865. The van der Waals surface area contributed by atoms with Gasteiger partial charge in [-0.25, -0.2) is 4.79 Å². The van der Waals surface area contributed by atoms with Crippen molar-refractivity contribution in [3.63, 3.8) is 0 Å². The fourth-order valence-corrected chi connectivity index (χ4v) is 11.4. The van der Waals surface area contributed by atoms with E-state index in [2.05, 4.69) is 34.6 Å². The molecule has 2 saturated carbocycles. The molecule has 11 atom stereocenters. The predicted octanol–water partition coefficient (Wildman–Crippen LogP) is 5.30. The second-order valence-corrected chi connectivity index (χ2v) is 17.6. The van der Waals surface area contributed by atoms with Crippen molar-refractivity contribution in [1.29, 1.82) is 0 Å². The molecule has 3 fully saturated rings. The van der Waals surface area contributed by atoms with Crippen LogP contribution in [0, 0.1) is 39.4 Å². The third kappa shape index (κ3) is 5.87. The molecule has 0 amide bonds. The number of esters is 2. The average Bonchev–Trinajstić information content (AvgIpc) is 3.20. The van der Waals surface area contributed by atoms with Gasteiger partial charge in [-0.1, -0.05) is 45.8 Å². The number of carbonyl (C=O) groups excluding carboxylic acids is 2. The third-order valence-electron chi connectivity index (χ3n) is 13.9. The van der Waals surface area contributed by atoms with E-state index in [0.717, 1.165) is 51.9 Å². The smallest absolute Gasteiger partial charge is 0.338 e. The molecule has 0 radical (unpaired) electrons. The Balaban J connectivity index is 1.48. The van der Waals surface area contributed by atoms with Gasteiger partial charge in [-0.05, 0) is 107 Å². The number of carboxylic acid groups (broad SMARTS) is 1. The van der Waals surface area contributed by atoms with Crippen molar-refractivity contribution < 1.29 is 49.0 Å². The molecule has 0 aromatic heterocycles. The van der Waals surface area contributed by atoms with E-state index in [1.54, 1.807) is 13.8 Å². The first-order valence-corrected chi connectivity index (χ1v) is 17.6. The van der Waals surface area contributed by atoms with Crippen LogP contribution in [0.3, 0.4) is 0 Å². The van der Waals surface area contributed by atoms with Crippen LogP contribution in [0.4, 0.5) is 0 Å². The van der Waals surface area contributed by atoms with Crippen molar-refractivity contribution in [3.05, 3.63) is 11.1 Å². The number of aliphatic hydroxyl groups is 3. The first-order chi connectivity index (χ1) is 21.5. The SMILES string of the molecule is CC(=O)OC1C(OC(=O)C(C)(O)CC(=O)O)CC2(C)C3=C(CCC2C1(C)C)C1(C)CCC(C2CCC(C(C)(C)O)OC2O)C1(C)CC3. The molecule has 0 bridgehead atoms. The van der Waals surface area contributed by atoms with E-state index < -0.39 is 65.5 Å². The van der Waals surface area contributed by atoms with E-state index >= 15 is 0 Å². The Bertz CT molecular complexity index is 1310. The van der Waals surface area contributed by atoms with Crippen molar-refractivity contribution in [1.82, 2.24) is 0 Å². The highest BCUT2D eigenvalue weighted by Crippen LogP contribution is 2.73. The molecular formula is C37H58O10. The van der Waals surface area contributed by atoms with Gasteiger partial charge in [-0.3, -0.25) is 9.59 Å². The van der Waals surface area contributed by atoms with Crippen LogP contribution in [0.5, 0.6) is 0 Å². The first kappa shape index (κ1) is 36.3. The maximum Gasteiger partial charge on any atom is 0.338 e. The lowest BCUT2D eigenvalue weighted by atomic mass is 9.43. The van der Waals surface area contributed by atoms with Crippen molar-refractivity contribution in [2.24, 2.45) is 39.4 Å². The summed E-state index contributed by atoms with van der Waals surface area (Å²) in [5, 5.41) is 41.8. The Labute approximate surface area is 279 Å². The molecule has 11 unspecified atom stereocenters. The summed E-state index contributed by atoms with van der Waals surface area (Å²) < 4.78 is 17.9. The van der Waals surface area contributed by atoms with Crippen molar-refractivity contribution in [2.45, 2.75) is 162 Å². The molecule has 0 aromatic carbocycles. The van der Waals surface area contributed by atoms with Gasteiger partial charge in [0.1, 0.15) is 12.2 Å². The van der Waals surface area contributed by atoms with Gasteiger partial charge in [0, 0.05) is 18.3 Å². The molecule has 266 valence electrons. The zero-order chi connectivity index (χ0) is 35.1. The van der Waals surface area contributed by atoms with Crippen molar-refractivity contribution in [2.75, 3.05) is 0 Å². The van der Waals surface area contributed by atoms with Crippen LogP contribution in [-0.4, -0.2) is 74.1 Å². The van der Waals surface area contributed by atoms with Crippen LogP contribution >= 0.6 is 0 Å². The molecule has 0 spiro atoms. The Hall–Kier alpha value is -2.01. The summed E-state index contributed by atoms with van der Waals surface area (Å²) >= 11 is 0. The summed E-state index contributed by atoms with van der Waals surface area (Å²) in [6, 6.07) is 0. The number of hydrogen-bond donors (Lipinski definition) is 4. The van der Waals surface area contributed by atoms with Gasteiger partial charge in [0.15, 0.2) is 11.9 Å². The number of carboxylic acids is 1. The molecule has 47 heavy (non-hydrogen) atoms. The van der Waals surface area contributed by atoms with Gasteiger partial charge in [-0.15, -0.1) is 0 Å². The van der Waals surface area contributed by atoms with E-state index in [-0.39, 0.29) is 34.0 Å². The maximum absolute atomic E-state index is 13.3. The zero-order valence-electron chi connectivity index (χ0n) is 29.9. The normalized spacial score (nSPS) is 42.8. The molecule has 5 aliphatic rings. The molecule has 0 aromatic rings. The fourth-order valence-electron chi connectivity index (χ4n) is 11.4. The van der Waals surface area contributed by atoms with Crippen LogP contribution in [0.25, 0.3) is 0 Å². The van der Waals surface area contributed by atoms with E-state index in [1.165, 1.54) is 18.1 Å². The van der Waals surface area contributed by atoms with Gasteiger partial charge in [0.2, 0.25) is 0 Å². The number of hydrogen-bond acceptors (Lipinski definition) is 9. The van der Waals surface area contributed by atoms with E-state index in [1.807, 2.05) is 0 Å². The van der Waals surface area contributed by atoms with E-state index in [0.29, 0.717) is 12.8 Å². The van der Waals surface area contributed by atoms with E-state index in [4.69, 9.17) is 14.2 Å². The molecule has 4 aliphatic carbocycles. The highest BCUT2D eigenvalue weighted by Gasteiger charge is 2.66. The minimum atomic E-state index is -2.23. The lowest BCUT2D eigenvalue weighted by Gasteiger charge is -2.63. The monoisotopic (exact) mass is 662 g/mol. The molecule has 10 nitrogen and oxygen atoms in total. The Morgan fingerprint density at radius 3 is 2.15 bits per heavy atom. The van der Waals surface area contributed by atoms with Crippen LogP contribution in [0.1, 0.15) is 127 Å². The number of rotatable bonds is 7. The van der Waals surface area contributed by atoms with E-state index in [9.17, 15) is 34.8 Å². The van der Waals surface area contributed by atoms with Crippen molar-refractivity contribution >= 4 is 17.9 Å². The van der Waals surface area contributed by atoms with Gasteiger partial charge < -0.3 is 34.6 Å². The zero-order valence-corrected chi connectivity index (χ0v) is 29.9. The molecule has 10 heteroatoms. The average molecular weight is 663 g/mol. The lowest BCUT2D eigenvalue weighted by molar-refractivity contribution is -0.247. The third-order valence-corrected chi connectivity index (χ3v) is 13.9. The Morgan fingerprint density at radius 1 is 0.915 bits per heavy atom. The number of ether oxygens (including phenoxy) is 3. The van der Waals surface area contributed by atoms with Crippen LogP contribution < -0.4 is 0 Å². The standard InChI is InChI=1S/C37H58O10/c1-20(38)45-29-25(46-31(42)37(9,44)19-28(39)40)18-34(6)23-15-17-35(7)22(21-10-13-27(33(4,5)43)47-30(21)41)14-16-36(35,8)24(23)11-12-26(34)32(29,2)3/h21-22,25-27,29-30,41,43-44H,10-19H2,1-9H3,(H,39,40). The van der Waals surface area contributed by atoms with Crippen LogP contribution in [0.15, 0.2) is 11.1 Å². The summed E-state index contributed by atoms with van der Waals surface area (Å²) in [4.78, 5) is 37.0. The number of allylic oxidation sites excluding steroid dienone is 2. The van der Waals surface area contributed by atoms with Crippen LogP contribution in [0.2, 0.25) is 0 Å². The maximum atomic E-state index is 13.3. The van der Waals surface area contributed by atoms with Gasteiger partial charge >= 0.3 is 17.9 Å². The number of fused-ring (bicyclic) bond motifs is 4. The number of aliphatic carboxylic acids is 1. The molecular weight excluding hydrogens is 604 g/mol. The second kappa shape index (κ2) is 11.8. The Morgan fingerprint density at radius 2 is 1.57 bits per heavy atom. The Kier molecular flexibility index (Phi) is 9.11. The highest BCUT2D eigenvalue weighted by atomic mass is 16.6. The minimum absolute atomic E-state index is 0.00464. The summed E-state index contributed by atoms with van der Waals surface area (Å²) in [5.74, 6) is -2.45. The molecule has 1 aliphatic heterocycles. The number of aliphatic hydroxyl groups excluding tert-OH is 1. The minimum Gasteiger partial charge on any atom is -0.481 e. The lowest BCUT2D eigenvalue weighted by Crippen LogP contribution is -2.62. The topological polar surface area (TPSA) is 160 Å². The summed E-state index contributed by atoms with van der Waals surface area (Å²) in [6.07, 6.45) is 3.78.